The standard InChI is InChI=1S/C20H17ClF2N6O2/c21-13-2-1-3-15(10-13)27-6-8-28(9-7-27)20-18(29(30)31)19(24-12-25-20)26-17-11-14(22)4-5-16(17)23/h1-5,10-12H,6-9H2,(H,24,25,26). The molecule has 0 saturated carbocycles. The highest BCUT2D eigenvalue weighted by Crippen LogP contribution is 2.35. The van der Waals surface area contributed by atoms with Gasteiger partial charge in [-0.3, -0.25) is 10.1 Å². The topological polar surface area (TPSA) is 87.4 Å². The molecule has 1 aromatic heterocycles. The molecule has 160 valence electrons. The van der Waals surface area contributed by atoms with E-state index in [-0.39, 0.29) is 17.3 Å². The number of benzene rings is 2. The summed E-state index contributed by atoms with van der Waals surface area (Å²) in [6, 6.07) is 10.3. The summed E-state index contributed by atoms with van der Waals surface area (Å²) >= 11 is 6.06. The maximum Gasteiger partial charge on any atom is 0.353 e. The van der Waals surface area contributed by atoms with Gasteiger partial charge < -0.3 is 15.1 Å². The Morgan fingerprint density at radius 3 is 2.48 bits per heavy atom. The minimum absolute atomic E-state index is 0.116. The summed E-state index contributed by atoms with van der Waals surface area (Å²) in [5.74, 6) is -1.54. The molecule has 1 N–H and O–H groups in total. The van der Waals surface area contributed by atoms with Gasteiger partial charge in [0.1, 0.15) is 18.0 Å². The Hall–Kier alpha value is -3.53. The molecule has 2 heterocycles. The van der Waals surface area contributed by atoms with Crippen LogP contribution in [0.2, 0.25) is 5.02 Å². The maximum atomic E-state index is 14.0. The summed E-state index contributed by atoms with van der Waals surface area (Å²) in [5, 5.41) is 15.0. The number of piperazine rings is 1. The molecule has 3 aromatic rings. The Balaban J connectivity index is 1.58. The second-order valence-corrected chi connectivity index (χ2v) is 7.29. The first-order valence-corrected chi connectivity index (χ1v) is 9.77. The van der Waals surface area contributed by atoms with E-state index in [0.29, 0.717) is 31.2 Å². The predicted molar refractivity (Wildman–Crippen MR) is 114 cm³/mol. The summed E-state index contributed by atoms with van der Waals surface area (Å²) in [6.07, 6.45) is 1.16. The molecule has 1 aliphatic rings. The first-order valence-electron chi connectivity index (χ1n) is 9.39. The van der Waals surface area contributed by atoms with Crippen molar-refractivity contribution >= 4 is 40.3 Å². The second-order valence-electron chi connectivity index (χ2n) is 6.85. The van der Waals surface area contributed by atoms with E-state index in [4.69, 9.17) is 11.6 Å². The number of aromatic nitrogens is 2. The molecule has 0 bridgehead atoms. The van der Waals surface area contributed by atoms with Crippen LogP contribution >= 0.6 is 11.6 Å². The van der Waals surface area contributed by atoms with Crippen LogP contribution in [-0.2, 0) is 0 Å². The number of hydrogen-bond donors (Lipinski definition) is 1. The van der Waals surface area contributed by atoms with Gasteiger partial charge >= 0.3 is 5.69 Å². The van der Waals surface area contributed by atoms with E-state index in [0.717, 1.165) is 30.2 Å². The van der Waals surface area contributed by atoms with Crippen LogP contribution in [0.5, 0.6) is 0 Å². The van der Waals surface area contributed by atoms with Crippen molar-refractivity contribution in [2.45, 2.75) is 0 Å². The molecule has 0 spiro atoms. The quantitative estimate of drug-likeness (QED) is 0.459. The summed E-state index contributed by atoms with van der Waals surface area (Å²) in [5.41, 5.74) is 0.314. The van der Waals surface area contributed by atoms with Gasteiger partial charge in [0.2, 0.25) is 11.6 Å². The fraction of sp³-hybridized carbons (Fsp3) is 0.200. The molecule has 2 aromatic carbocycles. The Bertz CT molecular complexity index is 1120. The lowest BCUT2D eigenvalue weighted by Crippen LogP contribution is -2.47. The van der Waals surface area contributed by atoms with Crippen LogP contribution in [0.15, 0.2) is 48.8 Å². The first-order chi connectivity index (χ1) is 14.9. The van der Waals surface area contributed by atoms with E-state index in [1.807, 2.05) is 18.2 Å². The third kappa shape index (κ3) is 4.48. The molecule has 4 rings (SSSR count). The Labute approximate surface area is 181 Å². The summed E-state index contributed by atoms with van der Waals surface area (Å²) in [7, 11) is 0. The highest BCUT2D eigenvalue weighted by Gasteiger charge is 2.30. The Kier molecular flexibility index (Phi) is 5.81. The molecule has 0 amide bonds. The Morgan fingerprint density at radius 1 is 1.03 bits per heavy atom. The van der Waals surface area contributed by atoms with Gasteiger partial charge in [-0.1, -0.05) is 17.7 Å². The molecule has 0 radical (unpaired) electrons. The minimum atomic E-state index is -0.758. The highest BCUT2D eigenvalue weighted by atomic mass is 35.5. The van der Waals surface area contributed by atoms with Crippen LogP contribution in [0.3, 0.4) is 0 Å². The van der Waals surface area contributed by atoms with Crippen LogP contribution in [0.1, 0.15) is 0 Å². The summed E-state index contributed by atoms with van der Waals surface area (Å²) in [4.78, 5) is 23.1. The van der Waals surface area contributed by atoms with Crippen LogP contribution in [-0.4, -0.2) is 41.1 Å². The number of halogens is 3. The number of anilines is 4. The molecular weight excluding hydrogens is 430 g/mol. The lowest BCUT2D eigenvalue weighted by molar-refractivity contribution is -0.383. The molecule has 11 heteroatoms. The van der Waals surface area contributed by atoms with Crippen molar-refractivity contribution in [2.75, 3.05) is 41.3 Å². The van der Waals surface area contributed by atoms with Gasteiger partial charge in [0.25, 0.3) is 0 Å². The smallest absolute Gasteiger partial charge is 0.353 e. The minimum Gasteiger partial charge on any atom is -0.368 e. The molecule has 1 aliphatic heterocycles. The maximum absolute atomic E-state index is 14.0. The third-order valence-electron chi connectivity index (χ3n) is 4.92. The van der Waals surface area contributed by atoms with Crippen LogP contribution < -0.4 is 15.1 Å². The fourth-order valence-corrected chi connectivity index (χ4v) is 3.62. The van der Waals surface area contributed by atoms with Crippen molar-refractivity contribution in [1.29, 1.82) is 0 Å². The van der Waals surface area contributed by atoms with Crippen molar-refractivity contribution < 1.29 is 13.7 Å². The summed E-state index contributed by atoms with van der Waals surface area (Å²) in [6.45, 7) is 2.14. The fourth-order valence-electron chi connectivity index (χ4n) is 3.43. The van der Waals surface area contributed by atoms with Crippen LogP contribution in [0.4, 0.5) is 37.5 Å². The van der Waals surface area contributed by atoms with E-state index in [1.165, 1.54) is 0 Å². The molecule has 1 saturated heterocycles. The highest BCUT2D eigenvalue weighted by molar-refractivity contribution is 6.30. The average molecular weight is 447 g/mol. The molecule has 8 nitrogen and oxygen atoms in total. The van der Waals surface area contributed by atoms with Gasteiger partial charge in [0.15, 0.2) is 0 Å². The van der Waals surface area contributed by atoms with Gasteiger partial charge in [-0.25, -0.2) is 18.7 Å². The Morgan fingerprint density at radius 2 is 1.77 bits per heavy atom. The molecular formula is C20H17ClF2N6O2. The normalized spacial score (nSPS) is 13.9. The van der Waals surface area contributed by atoms with Gasteiger partial charge in [-0.05, 0) is 30.3 Å². The number of hydrogen-bond acceptors (Lipinski definition) is 7. The number of nitrogens with zero attached hydrogens (tertiary/aromatic N) is 5. The molecule has 31 heavy (non-hydrogen) atoms. The number of nitrogens with one attached hydrogen (secondary N) is 1. The van der Waals surface area contributed by atoms with Crippen LogP contribution in [0, 0.1) is 21.7 Å². The number of nitro groups is 1. The second kappa shape index (κ2) is 8.68. The average Bonchev–Trinajstić information content (AvgIpc) is 2.76. The van der Waals surface area contributed by atoms with Gasteiger partial charge in [0.05, 0.1) is 10.6 Å². The zero-order chi connectivity index (χ0) is 22.0. The van der Waals surface area contributed by atoms with Crippen LogP contribution in [0.25, 0.3) is 0 Å². The zero-order valence-corrected chi connectivity index (χ0v) is 16.9. The molecule has 0 unspecified atom stereocenters. The molecule has 0 aliphatic carbocycles. The number of rotatable bonds is 5. The molecule has 1 fully saturated rings. The monoisotopic (exact) mass is 446 g/mol. The zero-order valence-electron chi connectivity index (χ0n) is 16.1. The predicted octanol–water partition coefficient (Wildman–Crippen LogP) is 4.39. The van der Waals surface area contributed by atoms with Gasteiger partial charge in [0, 0.05) is 43.0 Å². The lowest BCUT2D eigenvalue weighted by Gasteiger charge is -2.36. The van der Waals surface area contributed by atoms with Gasteiger partial charge in [-0.15, -0.1) is 0 Å². The first kappa shape index (κ1) is 20.7. The lowest BCUT2D eigenvalue weighted by atomic mass is 10.2. The van der Waals surface area contributed by atoms with Gasteiger partial charge in [-0.2, -0.15) is 0 Å². The van der Waals surface area contributed by atoms with E-state index in [1.54, 1.807) is 11.0 Å². The van der Waals surface area contributed by atoms with E-state index in [9.17, 15) is 18.9 Å². The summed E-state index contributed by atoms with van der Waals surface area (Å²) < 4.78 is 27.5. The largest absolute Gasteiger partial charge is 0.368 e. The van der Waals surface area contributed by atoms with E-state index < -0.39 is 22.2 Å². The van der Waals surface area contributed by atoms with Crippen molar-refractivity contribution in [3.63, 3.8) is 0 Å². The van der Waals surface area contributed by atoms with Crippen molar-refractivity contribution in [3.8, 4) is 0 Å². The van der Waals surface area contributed by atoms with E-state index >= 15 is 0 Å². The van der Waals surface area contributed by atoms with Crippen molar-refractivity contribution in [3.05, 3.63) is 75.6 Å². The molecule has 0 atom stereocenters. The SMILES string of the molecule is O=[N+]([O-])c1c(Nc2cc(F)ccc2F)ncnc1N1CCN(c2cccc(Cl)c2)CC1. The van der Waals surface area contributed by atoms with Crippen molar-refractivity contribution in [2.24, 2.45) is 0 Å². The van der Waals surface area contributed by atoms with E-state index in [2.05, 4.69) is 20.2 Å². The third-order valence-corrected chi connectivity index (χ3v) is 5.15. The van der Waals surface area contributed by atoms with Crippen molar-refractivity contribution in [1.82, 2.24) is 9.97 Å².